The van der Waals surface area contributed by atoms with Crippen LogP contribution in [0.1, 0.15) is 12.5 Å². The van der Waals surface area contributed by atoms with Crippen molar-refractivity contribution < 1.29 is 13.2 Å². The molecule has 2 rings (SSSR count). The van der Waals surface area contributed by atoms with Gasteiger partial charge in [-0.2, -0.15) is 0 Å². The molecule has 0 radical (unpaired) electrons. The third kappa shape index (κ3) is 3.55. The van der Waals surface area contributed by atoms with Crippen molar-refractivity contribution >= 4 is 11.8 Å². The molecule has 0 aliphatic heterocycles. The molecule has 2 aromatic rings. The van der Waals surface area contributed by atoms with E-state index < -0.39 is 17.5 Å². The molecule has 0 saturated carbocycles. The van der Waals surface area contributed by atoms with Gasteiger partial charge >= 0.3 is 0 Å². The Morgan fingerprint density at radius 3 is 2.55 bits per heavy atom. The molecule has 2 aromatic carbocycles. The first-order valence-corrected chi connectivity index (χ1v) is 7.04. The summed E-state index contributed by atoms with van der Waals surface area (Å²) in [6, 6.07) is 8.02. The summed E-state index contributed by atoms with van der Waals surface area (Å²) >= 11 is 0.970. The van der Waals surface area contributed by atoms with E-state index in [4.69, 9.17) is 0 Å². The highest BCUT2D eigenvalue weighted by Gasteiger charge is 2.13. The van der Waals surface area contributed by atoms with Crippen LogP contribution in [0.25, 0.3) is 0 Å². The van der Waals surface area contributed by atoms with Crippen LogP contribution in [-0.2, 0) is 6.54 Å². The number of rotatable bonds is 5. The number of benzene rings is 2. The van der Waals surface area contributed by atoms with Gasteiger partial charge in [0, 0.05) is 17.5 Å². The molecule has 5 heteroatoms. The molecule has 0 spiro atoms. The molecule has 0 unspecified atom stereocenters. The van der Waals surface area contributed by atoms with Crippen molar-refractivity contribution in [2.45, 2.75) is 23.3 Å². The van der Waals surface area contributed by atoms with E-state index in [-0.39, 0.29) is 4.90 Å². The predicted molar refractivity (Wildman–Crippen MR) is 74.3 cm³/mol. The first kappa shape index (κ1) is 14.9. The van der Waals surface area contributed by atoms with Gasteiger partial charge in [0.15, 0.2) is 0 Å². The summed E-state index contributed by atoms with van der Waals surface area (Å²) in [5.74, 6) is -1.74. The maximum atomic E-state index is 13.9. The quantitative estimate of drug-likeness (QED) is 0.880. The zero-order chi connectivity index (χ0) is 14.5. The van der Waals surface area contributed by atoms with Crippen LogP contribution in [0.2, 0.25) is 0 Å². The van der Waals surface area contributed by atoms with Crippen molar-refractivity contribution in [3.8, 4) is 0 Å². The Balaban J connectivity index is 2.32. The lowest BCUT2D eigenvalue weighted by molar-refractivity contribution is 0.564. The summed E-state index contributed by atoms with van der Waals surface area (Å²) in [5, 5.41) is 3.11. The van der Waals surface area contributed by atoms with Crippen molar-refractivity contribution in [1.82, 2.24) is 5.32 Å². The van der Waals surface area contributed by atoms with Gasteiger partial charge < -0.3 is 5.32 Å². The molecule has 1 nitrogen and oxygen atoms in total. The molecule has 106 valence electrons. The normalized spacial score (nSPS) is 10.8. The third-order valence-corrected chi connectivity index (χ3v) is 3.93. The van der Waals surface area contributed by atoms with Crippen molar-refractivity contribution in [3.63, 3.8) is 0 Å². The minimum atomic E-state index is -0.687. The molecule has 0 bridgehead atoms. The third-order valence-electron chi connectivity index (χ3n) is 2.72. The predicted octanol–water partition coefficient (Wildman–Crippen LogP) is 4.36. The Morgan fingerprint density at radius 1 is 1.05 bits per heavy atom. The van der Waals surface area contributed by atoms with Crippen molar-refractivity contribution in [2.24, 2.45) is 0 Å². The summed E-state index contributed by atoms with van der Waals surface area (Å²) in [6.45, 7) is 3.21. The van der Waals surface area contributed by atoms with E-state index in [2.05, 4.69) is 5.32 Å². The molecule has 0 aliphatic carbocycles. The average molecular weight is 297 g/mol. The monoisotopic (exact) mass is 297 g/mol. The lowest BCUT2D eigenvalue weighted by Crippen LogP contribution is -2.12. The van der Waals surface area contributed by atoms with E-state index in [1.54, 1.807) is 12.1 Å². The molecule has 1 N–H and O–H groups in total. The van der Waals surface area contributed by atoms with E-state index in [1.807, 2.05) is 6.92 Å². The van der Waals surface area contributed by atoms with Gasteiger partial charge in [-0.25, -0.2) is 13.2 Å². The second kappa shape index (κ2) is 6.81. The number of nitrogens with one attached hydrogen (secondary N) is 1. The topological polar surface area (TPSA) is 12.0 Å². The van der Waals surface area contributed by atoms with Gasteiger partial charge in [0.05, 0.1) is 4.90 Å². The van der Waals surface area contributed by atoms with E-state index >= 15 is 0 Å². The van der Waals surface area contributed by atoms with E-state index in [9.17, 15) is 13.2 Å². The summed E-state index contributed by atoms with van der Waals surface area (Å²) in [7, 11) is 0. The molecule has 0 amide bonds. The highest BCUT2D eigenvalue weighted by atomic mass is 32.2. The molecule has 0 saturated heterocycles. The van der Waals surface area contributed by atoms with Crippen LogP contribution in [0, 0.1) is 17.5 Å². The Hall–Kier alpha value is -1.46. The first-order valence-electron chi connectivity index (χ1n) is 6.23. The molecule has 0 aliphatic rings. The molecule has 0 fully saturated rings. The molecule has 20 heavy (non-hydrogen) atoms. The number of hydrogen-bond acceptors (Lipinski definition) is 2. The van der Waals surface area contributed by atoms with Crippen LogP contribution < -0.4 is 5.32 Å². The minimum absolute atomic E-state index is 0.203. The summed E-state index contributed by atoms with van der Waals surface area (Å²) in [6.07, 6.45) is 0. The molecule has 0 atom stereocenters. The zero-order valence-electron chi connectivity index (χ0n) is 10.9. The smallest absolute Gasteiger partial charge is 0.140 e. The van der Waals surface area contributed by atoms with Crippen LogP contribution in [0.15, 0.2) is 46.2 Å². The minimum Gasteiger partial charge on any atom is -0.313 e. The van der Waals surface area contributed by atoms with Crippen LogP contribution in [0.5, 0.6) is 0 Å². The maximum absolute atomic E-state index is 13.9. The highest BCUT2D eigenvalue weighted by Crippen LogP contribution is 2.34. The van der Waals surface area contributed by atoms with Gasteiger partial charge in [-0.05, 0) is 30.3 Å². The van der Waals surface area contributed by atoms with Crippen LogP contribution in [0.3, 0.4) is 0 Å². The molecular formula is C15H14F3NS. The average Bonchev–Trinajstić information content (AvgIpc) is 2.42. The van der Waals surface area contributed by atoms with Gasteiger partial charge in [-0.3, -0.25) is 0 Å². The van der Waals surface area contributed by atoms with E-state index in [0.29, 0.717) is 11.4 Å². The van der Waals surface area contributed by atoms with E-state index in [1.165, 1.54) is 12.1 Å². The Morgan fingerprint density at radius 2 is 1.85 bits per heavy atom. The van der Waals surface area contributed by atoms with E-state index in [0.717, 1.165) is 36.0 Å². The highest BCUT2D eigenvalue weighted by molar-refractivity contribution is 7.99. The van der Waals surface area contributed by atoms with Gasteiger partial charge in [0.2, 0.25) is 0 Å². The Bertz CT molecular complexity index is 602. The fourth-order valence-electron chi connectivity index (χ4n) is 1.73. The summed E-state index contributed by atoms with van der Waals surface area (Å²) < 4.78 is 40.5. The van der Waals surface area contributed by atoms with Gasteiger partial charge in [0.1, 0.15) is 17.5 Å². The number of halogens is 3. The second-order valence-corrected chi connectivity index (χ2v) is 5.24. The molecule has 0 heterocycles. The second-order valence-electron chi connectivity index (χ2n) is 4.19. The molecule has 0 aromatic heterocycles. The van der Waals surface area contributed by atoms with Crippen molar-refractivity contribution in [2.75, 3.05) is 6.54 Å². The lowest BCUT2D eigenvalue weighted by atomic mass is 10.2. The SMILES string of the molecule is CCNCc1cccc(F)c1Sc1ccc(F)cc1F. The van der Waals surface area contributed by atoms with Gasteiger partial charge in [-0.1, -0.05) is 30.8 Å². The largest absolute Gasteiger partial charge is 0.313 e. The maximum Gasteiger partial charge on any atom is 0.140 e. The Labute approximate surface area is 120 Å². The summed E-state index contributed by atoms with van der Waals surface area (Å²) in [4.78, 5) is 0.563. The Kier molecular flexibility index (Phi) is 5.09. The van der Waals surface area contributed by atoms with Crippen LogP contribution in [0.4, 0.5) is 13.2 Å². The van der Waals surface area contributed by atoms with Crippen molar-refractivity contribution in [3.05, 3.63) is 59.4 Å². The lowest BCUT2D eigenvalue weighted by Gasteiger charge is -2.11. The summed E-state index contributed by atoms with van der Waals surface area (Å²) in [5.41, 5.74) is 0.751. The fraction of sp³-hybridized carbons (Fsp3) is 0.200. The number of hydrogen-bond donors (Lipinski definition) is 1. The van der Waals surface area contributed by atoms with Crippen LogP contribution >= 0.6 is 11.8 Å². The van der Waals surface area contributed by atoms with Gasteiger partial charge in [-0.15, -0.1) is 0 Å². The first-order chi connectivity index (χ1) is 9.61. The standard InChI is InChI=1S/C15H14F3NS/c1-2-19-9-10-4-3-5-12(17)15(10)20-14-7-6-11(16)8-13(14)18/h3-8,19H,2,9H2,1H3. The molecular weight excluding hydrogens is 283 g/mol. The van der Waals surface area contributed by atoms with Crippen LogP contribution in [-0.4, -0.2) is 6.54 Å². The van der Waals surface area contributed by atoms with Crippen molar-refractivity contribution in [1.29, 1.82) is 0 Å². The fourth-order valence-corrected chi connectivity index (χ4v) is 2.68. The van der Waals surface area contributed by atoms with Gasteiger partial charge in [0.25, 0.3) is 0 Å². The zero-order valence-corrected chi connectivity index (χ0v) is 11.7.